The van der Waals surface area contributed by atoms with E-state index in [0.29, 0.717) is 100 Å². The summed E-state index contributed by atoms with van der Waals surface area (Å²) < 4.78 is 72.9. The Hall–Kier alpha value is -8.46. The molecule has 0 unspecified atom stereocenters. The SMILES string of the molecule is CC(C)(C)OC(=O)N1CCC=C(B2OC(C)(C)C(C)(C)O2)C1.CN(C)C(=O)c1ccc(-c2nnc(Br)s2)cc1Cl.CN(C)C(=O)c1ccc(-c2nnc(C3=CCCN(C(=O)OC(C)(C)C)C3)s2)cc1Cl.CN(C)C(=O)c1ccc(-c2nnc(C3=CCCN(S(=O)(=O)c4ccccc4Cl)C3)s2)cc1Cl.CN(C)C(=O)c1ccc(-c2nnc(C3=CCCNC3)s2)cc1Cl.Cl.O=S(=O)(Cl)c1ccccc1Cl. The van der Waals surface area contributed by atoms with Gasteiger partial charge in [0.05, 0.1) is 70.1 Å². The zero-order chi connectivity index (χ0) is 101. The van der Waals surface area contributed by atoms with Gasteiger partial charge in [0.1, 0.15) is 56.0 Å². The second kappa shape index (κ2) is 49.0. The number of nitrogens with zero attached hydrogens (tertiary/aromatic N) is 15. The van der Waals surface area contributed by atoms with Gasteiger partial charge in [0.15, 0.2) is 3.92 Å². The maximum Gasteiger partial charge on any atom is 0.492 e. The molecule has 6 amide bonds. The van der Waals surface area contributed by atoms with Gasteiger partial charge in [-0.25, -0.2) is 26.4 Å². The highest BCUT2D eigenvalue weighted by Gasteiger charge is 2.53. The lowest BCUT2D eigenvalue weighted by atomic mass is 9.76. The number of rotatable bonds is 15. The van der Waals surface area contributed by atoms with E-state index in [9.17, 15) is 45.6 Å². The van der Waals surface area contributed by atoms with E-state index in [2.05, 4.69) is 80.3 Å². The van der Waals surface area contributed by atoms with Crippen molar-refractivity contribution >= 4 is 233 Å². The molecule has 9 heterocycles. The van der Waals surface area contributed by atoms with Gasteiger partial charge in [-0.1, -0.05) is 188 Å². The van der Waals surface area contributed by atoms with E-state index in [0.717, 1.165) is 91.3 Å². The zero-order valence-electron chi connectivity index (χ0n) is 78.7. The van der Waals surface area contributed by atoms with Crippen molar-refractivity contribution in [1.82, 2.24) is 79.8 Å². The third kappa shape index (κ3) is 30.6. The van der Waals surface area contributed by atoms with Gasteiger partial charge in [0.25, 0.3) is 32.7 Å². The highest BCUT2D eigenvalue weighted by atomic mass is 79.9. The Balaban J connectivity index is 0.000000190. The van der Waals surface area contributed by atoms with Gasteiger partial charge < -0.3 is 53.5 Å². The highest BCUT2D eigenvalue weighted by Crippen LogP contribution is 2.42. The second-order valence-electron chi connectivity index (χ2n) is 35.0. The molecule has 4 aromatic heterocycles. The minimum Gasteiger partial charge on any atom is -0.444 e. The standard InChI is InChI=1S/C22H20Cl2N4O3S2.C21H25ClN4O3S.C16H28BNO4.C16H17ClN4OS.C11H9BrClN3OS.C6H4Cl2O2S.ClH/c1-27(2)22(29)16-10-9-14(12-18(16)24)20-25-26-21(32-20)15-6-5-11-28(13-15)33(30,31)19-8-4-3-7-17(19)23;1-21(2,3)29-20(28)26-10-6-7-14(12-26)18-24-23-17(30-18)13-8-9-15(16(22)11-13)19(27)25(4)5;1-14(2,3)20-13(19)18-10-8-9-12(11-18)17-21-15(4,5)16(6,7)22-17;1-21(2)16(22)12-6-5-10(8-13(12)17)14-19-20-15(23-14)11-4-3-7-18-9-11;1-16(2)10(17)7-4-3-6(5-8(7)13)9-14-15-11(12)18-9;7-5-3-1-2-4-6(5)11(8,9)10;/h3-4,6-10,12H,5,11,13H2,1-2H3;7-9,11H,6,10,12H2,1-5H3;9H,8,10-11H2,1-7H3;4-6,8,18H,3,7,9H2,1-2H3;3-5H,1-2H3;1-4H;1H. The molecule has 0 bridgehead atoms. The summed E-state index contributed by atoms with van der Waals surface area (Å²) in [5.74, 6) is -0.571. The molecule has 1 saturated heterocycles. The van der Waals surface area contributed by atoms with Gasteiger partial charge in [0.2, 0.25) is 10.0 Å². The summed E-state index contributed by atoms with van der Waals surface area (Å²) in [6.45, 7) is 23.9. The Labute approximate surface area is 869 Å². The van der Waals surface area contributed by atoms with Crippen LogP contribution in [0, 0.1) is 0 Å². The Morgan fingerprint density at radius 2 is 0.768 bits per heavy atom. The number of sulfonamides is 1. The molecule has 5 aliphatic heterocycles. The van der Waals surface area contributed by atoms with Gasteiger partial charge in [-0.05, 0) is 201 Å². The van der Waals surface area contributed by atoms with Crippen LogP contribution in [0.25, 0.3) is 59.0 Å². The molecule has 138 heavy (non-hydrogen) atoms. The van der Waals surface area contributed by atoms with E-state index >= 15 is 0 Å². The molecule has 738 valence electrons. The zero-order valence-corrected chi connectivity index (χ0v) is 91.3. The first-order valence-corrected chi connectivity index (χ1v) is 52.6. The van der Waals surface area contributed by atoms with Crippen molar-refractivity contribution in [1.29, 1.82) is 0 Å². The maximum absolute atomic E-state index is 13.1. The number of carbonyl (C=O) groups is 6. The molecular weight excluding hydrogens is 2120 g/mol. The van der Waals surface area contributed by atoms with Crippen molar-refractivity contribution in [2.75, 3.05) is 109 Å². The summed E-state index contributed by atoms with van der Waals surface area (Å²) in [6.07, 6.45) is 10.9. The topological polar surface area (TPSA) is 345 Å². The number of aromatic nitrogens is 8. The largest absolute Gasteiger partial charge is 0.492 e. The highest BCUT2D eigenvalue weighted by molar-refractivity contribution is 9.11. The molecule has 0 saturated carbocycles. The van der Waals surface area contributed by atoms with Crippen molar-refractivity contribution in [3.63, 3.8) is 0 Å². The van der Waals surface area contributed by atoms with Crippen LogP contribution < -0.4 is 5.32 Å². The Bertz CT molecular complexity index is 6470. The van der Waals surface area contributed by atoms with Crippen LogP contribution in [0.15, 0.2) is 165 Å². The second-order valence-corrected chi connectivity index (χ2v) is 47.1. The lowest BCUT2D eigenvalue weighted by Gasteiger charge is -2.32. The molecule has 1 N–H and O–H groups in total. The summed E-state index contributed by atoms with van der Waals surface area (Å²) in [5, 5.41) is 43.9. The lowest BCUT2D eigenvalue weighted by Crippen LogP contribution is -2.42. The monoisotopic (exact) mass is 2220 g/mol. The third-order valence-electron chi connectivity index (χ3n) is 20.8. The number of benzene rings is 6. The lowest BCUT2D eigenvalue weighted by molar-refractivity contribution is 0.00578. The number of ether oxygens (including phenoxy) is 2. The predicted molar refractivity (Wildman–Crippen MR) is 558 cm³/mol. The summed E-state index contributed by atoms with van der Waals surface area (Å²) in [7, 11) is 10.7. The molecule has 30 nitrogen and oxygen atoms in total. The van der Waals surface area contributed by atoms with E-state index in [-0.39, 0.29) is 85.8 Å². The fourth-order valence-electron chi connectivity index (χ4n) is 13.1. The molecule has 6 aromatic carbocycles. The average Bonchev–Trinajstić information content (AvgIpc) is 1.68. The maximum atomic E-state index is 13.1. The van der Waals surface area contributed by atoms with Crippen molar-refractivity contribution in [2.24, 2.45) is 0 Å². The quantitative estimate of drug-likeness (QED) is 0.0736. The van der Waals surface area contributed by atoms with E-state index < -0.39 is 37.4 Å². The van der Waals surface area contributed by atoms with E-state index in [1.165, 1.54) is 93.0 Å². The predicted octanol–water partition coefficient (Wildman–Crippen LogP) is 21.4. The summed E-state index contributed by atoms with van der Waals surface area (Å²) in [6, 6.07) is 33.4. The Kier molecular flexibility index (Phi) is 40.2. The number of nitrogens with one attached hydrogen (secondary N) is 1. The molecule has 0 aliphatic carbocycles. The molecule has 46 heteroatoms. The smallest absolute Gasteiger partial charge is 0.444 e. The van der Waals surface area contributed by atoms with Crippen LogP contribution >= 0.6 is 154 Å². The molecule has 15 rings (SSSR count). The first kappa shape index (κ1) is 113. The van der Waals surface area contributed by atoms with Crippen LogP contribution in [-0.2, 0) is 37.9 Å². The number of carbonyl (C=O) groups excluding carboxylic acids is 6. The third-order valence-corrected chi connectivity index (χ3v) is 30.8. The van der Waals surface area contributed by atoms with Crippen LogP contribution in [0.3, 0.4) is 0 Å². The molecule has 0 atom stereocenters. The fraction of sp³-hybridized carbons (Fsp3) is 0.370. The first-order valence-electron chi connectivity index (χ1n) is 42.5. The van der Waals surface area contributed by atoms with Crippen LogP contribution in [0.4, 0.5) is 9.59 Å². The molecule has 0 radical (unpaired) electrons. The van der Waals surface area contributed by atoms with E-state index in [4.69, 9.17) is 99.1 Å². The van der Waals surface area contributed by atoms with Gasteiger partial charge in [0, 0.05) is 140 Å². The summed E-state index contributed by atoms with van der Waals surface area (Å²) >= 11 is 45.7. The Morgan fingerprint density at radius 3 is 1.11 bits per heavy atom. The Morgan fingerprint density at radius 1 is 0.435 bits per heavy atom. The summed E-state index contributed by atoms with van der Waals surface area (Å²) in [5.41, 5.74) is 7.22. The number of hydrogen-bond donors (Lipinski definition) is 1. The van der Waals surface area contributed by atoms with E-state index in [1.807, 2.05) is 93.5 Å². The van der Waals surface area contributed by atoms with Crippen molar-refractivity contribution in [2.45, 2.75) is 127 Å². The van der Waals surface area contributed by atoms with Crippen molar-refractivity contribution in [3.8, 4) is 42.3 Å². The van der Waals surface area contributed by atoms with Crippen LogP contribution in [0.5, 0.6) is 0 Å². The van der Waals surface area contributed by atoms with Crippen LogP contribution in [0.1, 0.15) is 151 Å². The average molecular weight is 2220 g/mol. The van der Waals surface area contributed by atoms with Crippen molar-refractivity contribution < 1.29 is 64.4 Å². The molecular formula is C92H104BBrCl8N16O14S6. The summed E-state index contributed by atoms with van der Waals surface area (Å²) in [4.78, 5) is 82.2. The minimum atomic E-state index is -3.74. The van der Waals surface area contributed by atoms with Gasteiger partial charge in [-0.2, -0.15) is 4.31 Å². The molecule has 10 aromatic rings. The first-order chi connectivity index (χ1) is 64.2. The van der Waals surface area contributed by atoms with Gasteiger partial charge in [-0.15, -0.1) is 53.2 Å². The number of amides is 6. The number of hydrogen-bond acceptors (Lipinski definition) is 27. The normalized spacial score (nSPS) is 15.2. The van der Waals surface area contributed by atoms with Gasteiger partial charge >= 0.3 is 19.3 Å². The molecule has 0 spiro atoms. The van der Waals surface area contributed by atoms with Crippen LogP contribution in [0.2, 0.25) is 30.1 Å². The van der Waals surface area contributed by atoms with Gasteiger partial charge in [-0.3, -0.25) is 19.2 Å². The van der Waals surface area contributed by atoms with E-state index in [1.54, 1.807) is 151 Å². The number of halogens is 9. The fourth-order valence-corrected chi connectivity index (χ4v) is 21.3. The van der Waals surface area contributed by atoms with Crippen LogP contribution in [-0.4, -0.2) is 265 Å². The minimum absolute atomic E-state index is 0. The van der Waals surface area contributed by atoms with Crippen molar-refractivity contribution in [3.05, 3.63) is 222 Å². The molecule has 5 aliphatic rings. The molecule has 1 fully saturated rings.